The summed E-state index contributed by atoms with van der Waals surface area (Å²) in [6.07, 6.45) is 1.17. The lowest BCUT2D eigenvalue weighted by molar-refractivity contribution is 0.0658. The van der Waals surface area contributed by atoms with Gasteiger partial charge in [0.15, 0.2) is 5.43 Å². The minimum Gasteiger partial charge on any atom is -0.475 e. The molecule has 2 rings (SSSR count). The van der Waals surface area contributed by atoms with Crippen LogP contribution in [0.5, 0.6) is 0 Å². The molecular formula is C12H8O4S. The van der Waals surface area contributed by atoms with Gasteiger partial charge in [-0.05, 0) is 12.1 Å². The third kappa shape index (κ3) is 2.76. The number of hydrogen-bond donors (Lipinski definition) is 1. The Morgan fingerprint density at radius 1 is 1.24 bits per heavy atom. The fraction of sp³-hybridized carbons (Fsp3) is 0. The van der Waals surface area contributed by atoms with Crippen LogP contribution in [0, 0.1) is 0 Å². The van der Waals surface area contributed by atoms with E-state index in [1.165, 1.54) is 18.0 Å². The molecule has 0 aliphatic heterocycles. The number of aromatic carboxylic acids is 1. The molecule has 1 aromatic carbocycles. The number of benzene rings is 1. The van der Waals surface area contributed by atoms with Crippen LogP contribution in [0.3, 0.4) is 0 Å². The number of carboxylic acids is 1. The zero-order valence-corrected chi connectivity index (χ0v) is 9.44. The Morgan fingerprint density at radius 2 is 1.94 bits per heavy atom. The van der Waals surface area contributed by atoms with E-state index in [1.807, 2.05) is 30.3 Å². The lowest BCUT2D eigenvalue weighted by Crippen LogP contribution is -2.07. The molecule has 0 amide bonds. The monoisotopic (exact) mass is 248 g/mol. The molecule has 17 heavy (non-hydrogen) atoms. The molecule has 1 aromatic heterocycles. The molecule has 0 atom stereocenters. The van der Waals surface area contributed by atoms with Gasteiger partial charge in [-0.25, -0.2) is 4.79 Å². The average molecular weight is 248 g/mol. The lowest BCUT2D eigenvalue weighted by Gasteiger charge is -2.00. The number of carboxylic acid groups (broad SMARTS) is 1. The van der Waals surface area contributed by atoms with Crippen molar-refractivity contribution in [2.75, 3.05) is 0 Å². The highest BCUT2D eigenvalue weighted by atomic mass is 32.2. The molecule has 4 nitrogen and oxygen atoms in total. The van der Waals surface area contributed by atoms with E-state index < -0.39 is 5.97 Å². The fourth-order valence-electron chi connectivity index (χ4n) is 1.20. The van der Waals surface area contributed by atoms with Gasteiger partial charge >= 0.3 is 5.97 Å². The summed E-state index contributed by atoms with van der Waals surface area (Å²) in [4.78, 5) is 23.4. The van der Waals surface area contributed by atoms with Gasteiger partial charge in [-0.3, -0.25) is 4.79 Å². The van der Waals surface area contributed by atoms with Crippen LogP contribution in [-0.4, -0.2) is 11.1 Å². The molecule has 0 radical (unpaired) electrons. The van der Waals surface area contributed by atoms with Gasteiger partial charge in [0.1, 0.15) is 6.26 Å². The normalized spacial score (nSPS) is 10.1. The quantitative estimate of drug-likeness (QED) is 0.903. The highest BCUT2D eigenvalue weighted by molar-refractivity contribution is 7.99. The van der Waals surface area contributed by atoms with E-state index in [9.17, 15) is 9.59 Å². The molecule has 0 saturated carbocycles. The van der Waals surface area contributed by atoms with Crippen molar-refractivity contribution in [3.63, 3.8) is 0 Å². The van der Waals surface area contributed by atoms with Crippen molar-refractivity contribution < 1.29 is 14.3 Å². The van der Waals surface area contributed by atoms with E-state index >= 15 is 0 Å². The number of rotatable bonds is 3. The van der Waals surface area contributed by atoms with Crippen molar-refractivity contribution in [1.29, 1.82) is 0 Å². The van der Waals surface area contributed by atoms with Gasteiger partial charge in [0.25, 0.3) is 0 Å². The van der Waals surface area contributed by atoms with Gasteiger partial charge in [-0.1, -0.05) is 30.0 Å². The zero-order chi connectivity index (χ0) is 12.3. The summed E-state index contributed by atoms with van der Waals surface area (Å²) in [5, 5.41) is 8.65. The first-order valence-corrected chi connectivity index (χ1v) is 5.57. The van der Waals surface area contributed by atoms with Gasteiger partial charge in [0, 0.05) is 11.0 Å². The Morgan fingerprint density at radius 3 is 2.53 bits per heavy atom. The predicted molar refractivity (Wildman–Crippen MR) is 62.5 cm³/mol. The summed E-state index contributed by atoms with van der Waals surface area (Å²) < 4.78 is 4.85. The Kier molecular flexibility index (Phi) is 3.30. The average Bonchev–Trinajstić information content (AvgIpc) is 2.33. The van der Waals surface area contributed by atoms with Crippen molar-refractivity contribution >= 4 is 17.7 Å². The molecule has 0 spiro atoms. The fourth-order valence-corrected chi connectivity index (χ4v) is 2.00. The van der Waals surface area contributed by atoms with Gasteiger partial charge in [0.2, 0.25) is 5.76 Å². The first-order valence-electron chi connectivity index (χ1n) is 4.76. The van der Waals surface area contributed by atoms with Crippen molar-refractivity contribution in [2.45, 2.75) is 9.79 Å². The largest absolute Gasteiger partial charge is 0.475 e. The van der Waals surface area contributed by atoms with Crippen LogP contribution < -0.4 is 5.43 Å². The molecule has 0 aliphatic carbocycles. The summed E-state index contributed by atoms with van der Waals surface area (Å²) in [7, 11) is 0. The molecule has 1 heterocycles. The SMILES string of the molecule is O=C(O)c1cc(=O)c(Sc2ccccc2)co1. The molecule has 0 fully saturated rings. The van der Waals surface area contributed by atoms with Crippen molar-refractivity contribution in [3.8, 4) is 0 Å². The molecule has 1 N–H and O–H groups in total. The van der Waals surface area contributed by atoms with Gasteiger partial charge in [-0.2, -0.15) is 0 Å². The predicted octanol–water partition coefficient (Wildman–Crippen LogP) is 2.49. The van der Waals surface area contributed by atoms with E-state index in [-0.39, 0.29) is 11.2 Å². The molecule has 0 saturated heterocycles. The highest BCUT2D eigenvalue weighted by Gasteiger charge is 2.10. The van der Waals surface area contributed by atoms with E-state index in [4.69, 9.17) is 9.52 Å². The van der Waals surface area contributed by atoms with E-state index in [2.05, 4.69) is 0 Å². The van der Waals surface area contributed by atoms with E-state index in [0.29, 0.717) is 4.90 Å². The minimum atomic E-state index is -1.25. The second-order valence-corrected chi connectivity index (χ2v) is 4.31. The minimum absolute atomic E-state index is 0.354. The number of hydrogen-bond acceptors (Lipinski definition) is 4. The second kappa shape index (κ2) is 4.88. The smallest absolute Gasteiger partial charge is 0.371 e. The van der Waals surface area contributed by atoms with Crippen LogP contribution >= 0.6 is 11.8 Å². The van der Waals surface area contributed by atoms with Gasteiger partial charge in [0.05, 0.1) is 4.90 Å². The van der Waals surface area contributed by atoms with E-state index in [1.54, 1.807) is 0 Å². The Bertz CT molecular complexity index is 589. The van der Waals surface area contributed by atoms with Crippen molar-refractivity contribution in [1.82, 2.24) is 0 Å². The van der Waals surface area contributed by atoms with Crippen LogP contribution in [0.25, 0.3) is 0 Å². The molecule has 2 aromatic rings. The van der Waals surface area contributed by atoms with Crippen LogP contribution in [0.2, 0.25) is 0 Å². The third-order valence-corrected chi connectivity index (χ3v) is 3.00. The third-order valence-electron chi connectivity index (χ3n) is 1.98. The van der Waals surface area contributed by atoms with Crippen LogP contribution in [0.15, 0.2) is 61.7 Å². The van der Waals surface area contributed by atoms with Gasteiger partial charge in [-0.15, -0.1) is 0 Å². The van der Waals surface area contributed by atoms with Crippen molar-refractivity contribution in [3.05, 3.63) is 58.6 Å². The van der Waals surface area contributed by atoms with Crippen LogP contribution in [0.4, 0.5) is 0 Å². The van der Waals surface area contributed by atoms with Crippen molar-refractivity contribution in [2.24, 2.45) is 0 Å². The van der Waals surface area contributed by atoms with E-state index in [0.717, 1.165) is 11.0 Å². The standard InChI is InChI=1S/C12H8O4S/c13-9-6-10(12(14)15)16-7-11(9)17-8-4-2-1-3-5-8/h1-7H,(H,14,15). The molecule has 0 bridgehead atoms. The topological polar surface area (TPSA) is 67.5 Å². The van der Waals surface area contributed by atoms with Crippen LogP contribution in [-0.2, 0) is 0 Å². The molecule has 0 aliphatic rings. The molecule has 5 heteroatoms. The summed E-state index contributed by atoms with van der Waals surface area (Å²) in [6.45, 7) is 0. The summed E-state index contributed by atoms with van der Waals surface area (Å²) in [5.41, 5.74) is -0.359. The Balaban J connectivity index is 2.29. The maximum Gasteiger partial charge on any atom is 0.371 e. The van der Waals surface area contributed by atoms with Gasteiger partial charge < -0.3 is 9.52 Å². The Hall–Kier alpha value is -2.01. The maximum atomic E-state index is 11.6. The first kappa shape index (κ1) is 11.5. The number of carbonyl (C=O) groups is 1. The maximum absolute atomic E-state index is 11.6. The molecule has 0 unspecified atom stereocenters. The molecular weight excluding hydrogens is 240 g/mol. The second-order valence-electron chi connectivity index (χ2n) is 3.19. The Labute approximate surface area is 101 Å². The lowest BCUT2D eigenvalue weighted by atomic mass is 10.4. The highest BCUT2D eigenvalue weighted by Crippen LogP contribution is 2.24. The zero-order valence-electron chi connectivity index (χ0n) is 8.62. The summed E-state index contributed by atoms with van der Waals surface area (Å²) in [5.74, 6) is -1.61. The first-order chi connectivity index (χ1) is 8.16. The summed E-state index contributed by atoms with van der Waals surface area (Å²) in [6, 6.07) is 10.3. The van der Waals surface area contributed by atoms with Crippen LogP contribution in [0.1, 0.15) is 10.6 Å². The molecule has 86 valence electrons. The summed E-state index contributed by atoms with van der Waals surface area (Å²) >= 11 is 1.24.